The molecule has 0 spiro atoms. The van der Waals surface area contributed by atoms with Crippen LogP contribution in [0.4, 0.5) is 0 Å². The number of fused-ring (bicyclic) bond motifs is 1. The summed E-state index contributed by atoms with van der Waals surface area (Å²) in [6.07, 6.45) is 0.652. The molecular weight excluding hydrogens is 368 g/mol. The number of hydrogen-bond donors (Lipinski definition) is 1. The number of ether oxygens (including phenoxy) is 2. The van der Waals surface area contributed by atoms with Gasteiger partial charge in [0.25, 0.3) is 5.91 Å². The van der Waals surface area contributed by atoms with E-state index in [0.717, 1.165) is 5.56 Å². The number of nitrogens with zero attached hydrogens (tertiary/aromatic N) is 1. The van der Waals surface area contributed by atoms with Crippen molar-refractivity contribution in [3.8, 4) is 22.8 Å². The molecule has 136 valence electrons. The highest BCUT2D eigenvalue weighted by Crippen LogP contribution is 2.30. The van der Waals surface area contributed by atoms with E-state index in [1.165, 1.54) is 6.21 Å². The molecule has 0 radical (unpaired) electrons. The Morgan fingerprint density at radius 2 is 1.96 bits per heavy atom. The van der Waals surface area contributed by atoms with Gasteiger partial charge in [-0.25, -0.2) is 5.43 Å². The standard InChI is InChI=1S/C20H15ClN2O4/c21-14-5-3-4-13(10-14)16-9-8-15(26-16)11-22-23-20(24)19-12-25-17-6-1-2-7-18(17)27-19/h1-11,19H,12H2,(H,23,24)/b22-11+. The molecule has 2 aromatic carbocycles. The summed E-state index contributed by atoms with van der Waals surface area (Å²) >= 11 is 5.99. The molecule has 1 unspecified atom stereocenters. The first kappa shape index (κ1) is 17.2. The van der Waals surface area contributed by atoms with E-state index in [9.17, 15) is 4.79 Å². The van der Waals surface area contributed by atoms with Gasteiger partial charge < -0.3 is 13.9 Å². The van der Waals surface area contributed by atoms with E-state index in [2.05, 4.69) is 10.5 Å². The van der Waals surface area contributed by atoms with E-state index in [1.54, 1.807) is 30.3 Å². The molecule has 0 bridgehead atoms. The van der Waals surface area contributed by atoms with Crippen molar-refractivity contribution < 1.29 is 18.7 Å². The zero-order valence-electron chi connectivity index (χ0n) is 14.1. The molecule has 1 atom stereocenters. The van der Waals surface area contributed by atoms with Crippen molar-refractivity contribution in [1.29, 1.82) is 0 Å². The highest BCUT2D eigenvalue weighted by molar-refractivity contribution is 6.30. The van der Waals surface area contributed by atoms with Crippen LogP contribution in [0.15, 0.2) is 70.2 Å². The largest absolute Gasteiger partial charge is 0.485 e. The van der Waals surface area contributed by atoms with Crippen molar-refractivity contribution in [2.45, 2.75) is 6.10 Å². The lowest BCUT2D eigenvalue weighted by molar-refractivity contribution is -0.130. The van der Waals surface area contributed by atoms with Crippen molar-refractivity contribution in [2.24, 2.45) is 5.10 Å². The molecule has 3 aromatic rings. The second-order valence-corrected chi connectivity index (χ2v) is 6.25. The summed E-state index contributed by atoms with van der Waals surface area (Å²) in [6.45, 7) is 0.123. The van der Waals surface area contributed by atoms with E-state index in [4.69, 9.17) is 25.5 Å². The van der Waals surface area contributed by atoms with Gasteiger partial charge in [-0.05, 0) is 36.4 Å². The van der Waals surface area contributed by atoms with Crippen LogP contribution in [0.2, 0.25) is 5.02 Å². The van der Waals surface area contributed by atoms with E-state index < -0.39 is 12.0 Å². The lowest BCUT2D eigenvalue weighted by atomic mass is 10.2. The monoisotopic (exact) mass is 382 g/mol. The van der Waals surface area contributed by atoms with Crippen LogP contribution in [0, 0.1) is 0 Å². The van der Waals surface area contributed by atoms with Crippen LogP contribution in [-0.2, 0) is 4.79 Å². The van der Waals surface area contributed by atoms with Crippen LogP contribution in [-0.4, -0.2) is 24.8 Å². The Hall–Kier alpha value is -3.25. The summed E-state index contributed by atoms with van der Waals surface area (Å²) in [4.78, 5) is 12.2. The summed E-state index contributed by atoms with van der Waals surface area (Å²) in [5, 5.41) is 4.54. The first-order valence-corrected chi connectivity index (χ1v) is 8.64. The first-order chi connectivity index (χ1) is 13.2. The second kappa shape index (κ2) is 7.55. The van der Waals surface area contributed by atoms with Crippen LogP contribution >= 0.6 is 11.6 Å². The predicted octanol–water partition coefficient (Wildman–Crippen LogP) is 3.89. The SMILES string of the molecule is O=C(N/N=C/c1ccc(-c2cccc(Cl)c2)o1)C1COc2ccccc2O1. The number of benzene rings is 2. The maximum atomic E-state index is 12.2. The molecule has 1 aliphatic rings. The maximum Gasteiger partial charge on any atom is 0.284 e. The molecule has 0 aliphatic carbocycles. The van der Waals surface area contributed by atoms with Gasteiger partial charge in [0, 0.05) is 10.6 Å². The van der Waals surface area contributed by atoms with E-state index >= 15 is 0 Å². The molecule has 1 N–H and O–H groups in total. The number of hydrazone groups is 1. The van der Waals surface area contributed by atoms with Crippen molar-refractivity contribution in [3.63, 3.8) is 0 Å². The number of para-hydroxylation sites is 2. The number of hydrogen-bond acceptors (Lipinski definition) is 5. The Morgan fingerprint density at radius 1 is 1.11 bits per heavy atom. The van der Waals surface area contributed by atoms with Crippen molar-refractivity contribution in [2.75, 3.05) is 6.61 Å². The lowest BCUT2D eigenvalue weighted by Crippen LogP contribution is -2.42. The summed E-state index contributed by atoms with van der Waals surface area (Å²) in [7, 11) is 0. The van der Waals surface area contributed by atoms with E-state index in [1.807, 2.05) is 30.3 Å². The zero-order valence-corrected chi connectivity index (χ0v) is 14.8. The van der Waals surface area contributed by atoms with Gasteiger partial charge in [-0.2, -0.15) is 5.10 Å². The molecule has 1 amide bonds. The third-order valence-electron chi connectivity index (χ3n) is 3.90. The Kier molecular flexibility index (Phi) is 4.80. The molecular formula is C20H15ClN2O4. The number of furan rings is 1. The highest BCUT2D eigenvalue weighted by Gasteiger charge is 2.26. The molecule has 1 aromatic heterocycles. The predicted molar refractivity (Wildman–Crippen MR) is 101 cm³/mol. The molecule has 0 saturated carbocycles. The van der Waals surface area contributed by atoms with Gasteiger partial charge in [0.05, 0.1) is 6.21 Å². The lowest BCUT2D eigenvalue weighted by Gasteiger charge is -2.24. The number of carbonyl (C=O) groups excluding carboxylic acids is 1. The third kappa shape index (κ3) is 3.96. The summed E-state index contributed by atoms with van der Waals surface area (Å²) in [5.41, 5.74) is 3.29. The number of nitrogens with one attached hydrogen (secondary N) is 1. The van der Waals surface area contributed by atoms with Crippen molar-refractivity contribution in [1.82, 2.24) is 5.43 Å². The summed E-state index contributed by atoms with van der Waals surface area (Å²) in [6, 6.07) is 18.1. The fourth-order valence-corrected chi connectivity index (χ4v) is 2.79. The Labute approximate surface area is 160 Å². The zero-order chi connectivity index (χ0) is 18.6. The normalized spacial score (nSPS) is 15.7. The molecule has 0 fully saturated rings. The second-order valence-electron chi connectivity index (χ2n) is 5.81. The smallest absolute Gasteiger partial charge is 0.284 e. The first-order valence-electron chi connectivity index (χ1n) is 8.26. The van der Waals surface area contributed by atoms with Gasteiger partial charge >= 0.3 is 0 Å². The molecule has 27 heavy (non-hydrogen) atoms. The molecule has 4 rings (SSSR count). The minimum absolute atomic E-state index is 0.123. The van der Waals surface area contributed by atoms with Gasteiger partial charge in [-0.1, -0.05) is 35.9 Å². The molecule has 2 heterocycles. The van der Waals surface area contributed by atoms with Gasteiger partial charge in [0.15, 0.2) is 11.5 Å². The number of halogens is 1. The van der Waals surface area contributed by atoms with Gasteiger partial charge in [0.2, 0.25) is 6.10 Å². The van der Waals surface area contributed by atoms with Gasteiger partial charge in [-0.3, -0.25) is 4.79 Å². The van der Waals surface area contributed by atoms with Crippen LogP contribution in [0.5, 0.6) is 11.5 Å². The third-order valence-corrected chi connectivity index (χ3v) is 4.14. The highest BCUT2D eigenvalue weighted by atomic mass is 35.5. The van der Waals surface area contributed by atoms with Crippen molar-refractivity contribution >= 4 is 23.7 Å². The molecule has 7 heteroatoms. The summed E-state index contributed by atoms with van der Waals surface area (Å²) < 4.78 is 16.8. The van der Waals surface area contributed by atoms with Gasteiger partial charge in [0.1, 0.15) is 18.1 Å². The number of amides is 1. The molecule has 6 nitrogen and oxygen atoms in total. The Bertz CT molecular complexity index is 999. The fraction of sp³-hybridized carbons (Fsp3) is 0.100. The van der Waals surface area contributed by atoms with E-state index in [-0.39, 0.29) is 6.61 Å². The number of carbonyl (C=O) groups is 1. The average molecular weight is 383 g/mol. The van der Waals surface area contributed by atoms with E-state index in [0.29, 0.717) is 28.0 Å². The quantitative estimate of drug-likeness (QED) is 0.548. The van der Waals surface area contributed by atoms with Crippen LogP contribution in [0.1, 0.15) is 5.76 Å². The van der Waals surface area contributed by atoms with Crippen LogP contribution in [0.25, 0.3) is 11.3 Å². The fourth-order valence-electron chi connectivity index (χ4n) is 2.60. The number of rotatable bonds is 4. The minimum Gasteiger partial charge on any atom is -0.485 e. The summed E-state index contributed by atoms with van der Waals surface area (Å²) in [5.74, 6) is 1.91. The van der Waals surface area contributed by atoms with Crippen LogP contribution in [0.3, 0.4) is 0 Å². The minimum atomic E-state index is -0.768. The van der Waals surface area contributed by atoms with Crippen molar-refractivity contribution in [3.05, 3.63) is 71.4 Å². The Balaban J connectivity index is 1.36. The topological polar surface area (TPSA) is 73.1 Å². The van der Waals surface area contributed by atoms with Gasteiger partial charge in [-0.15, -0.1) is 0 Å². The Morgan fingerprint density at radius 3 is 2.81 bits per heavy atom. The molecule has 1 aliphatic heterocycles. The maximum absolute atomic E-state index is 12.2. The molecule has 0 saturated heterocycles. The average Bonchev–Trinajstić information content (AvgIpc) is 3.16. The van der Waals surface area contributed by atoms with Crippen LogP contribution < -0.4 is 14.9 Å².